The molecule has 1 rings (SSSR count). The van der Waals surface area contributed by atoms with E-state index in [1.165, 1.54) is 6.21 Å². The number of allylic oxidation sites excluding steroid dienone is 4. The van der Waals surface area contributed by atoms with Crippen molar-refractivity contribution in [1.82, 2.24) is 9.55 Å². The molecule has 1 heterocycles. The Morgan fingerprint density at radius 2 is 1.96 bits per heavy atom. The minimum Gasteiger partial charge on any atom is -0.402 e. The van der Waals surface area contributed by atoms with Gasteiger partial charge in [-0.2, -0.15) is 0 Å². The Morgan fingerprint density at radius 3 is 2.46 bits per heavy atom. The van der Waals surface area contributed by atoms with Gasteiger partial charge in [0.25, 0.3) is 0 Å². The molecule has 0 fully saturated rings. The molecule has 0 saturated heterocycles. The van der Waals surface area contributed by atoms with E-state index in [1.54, 1.807) is 12.2 Å². The van der Waals surface area contributed by atoms with E-state index in [2.05, 4.69) is 11.6 Å². The van der Waals surface area contributed by atoms with E-state index in [0.717, 1.165) is 11.1 Å². The molecule has 1 aromatic heterocycles. The summed E-state index contributed by atoms with van der Waals surface area (Å²) in [6.07, 6.45) is 6.77. The van der Waals surface area contributed by atoms with Gasteiger partial charge in [-0.15, -0.1) is 0 Å². The third-order valence-corrected chi connectivity index (χ3v) is 3.43. The monoisotopic (exact) mass is 327 g/mol. The van der Waals surface area contributed by atoms with Crippen molar-refractivity contribution in [2.75, 3.05) is 0 Å². The first-order valence-electron chi connectivity index (χ1n) is 7.34. The molecule has 8 N–H and O–H groups in total. The molecule has 0 amide bonds. The third kappa shape index (κ3) is 4.70. The molecule has 0 bridgehead atoms. The predicted octanol–water partition coefficient (Wildman–Crippen LogP) is 1.89. The summed E-state index contributed by atoms with van der Waals surface area (Å²) in [6, 6.07) is 0. The molecular formula is C17H25N7. The maximum atomic E-state index is 7.66. The molecule has 0 saturated carbocycles. The zero-order valence-corrected chi connectivity index (χ0v) is 14.4. The van der Waals surface area contributed by atoms with Crippen LogP contribution in [0.2, 0.25) is 0 Å². The van der Waals surface area contributed by atoms with Crippen LogP contribution in [0.15, 0.2) is 41.9 Å². The summed E-state index contributed by atoms with van der Waals surface area (Å²) in [5.74, 6) is 0.657. The highest BCUT2D eigenvalue weighted by atomic mass is 15.0. The summed E-state index contributed by atoms with van der Waals surface area (Å²) in [7, 11) is 1.86. The molecule has 128 valence electrons. The molecule has 1 aromatic rings. The molecular weight excluding hydrogens is 302 g/mol. The number of nitrogens with one attached hydrogen (secondary N) is 2. The normalized spacial score (nSPS) is 13.5. The number of rotatable bonds is 7. The molecule has 0 spiro atoms. The summed E-state index contributed by atoms with van der Waals surface area (Å²) in [4.78, 5) is 4.57. The Labute approximate surface area is 142 Å². The van der Waals surface area contributed by atoms with Gasteiger partial charge in [0, 0.05) is 48.4 Å². The third-order valence-electron chi connectivity index (χ3n) is 3.43. The molecule has 0 aliphatic rings. The quantitative estimate of drug-likeness (QED) is 0.296. The van der Waals surface area contributed by atoms with Crippen molar-refractivity contribution in [2.24, 2.45) is 24.2 Å². The van der Waals surface area contributed by atoms with E-state index < -0.39 is 0 Å². The van der Waals surface area contributed by atoms with E-state index in [9.17, 15) is 0 Å². The van der Waals surface area contributed by atoms with Crippen LogP contribution in [-0.4, -0.2) is 21.6 Å². The van der Waals surface area contributed by atoms with Crippen LogP contribution in [0.1, 0.15) is 31.8 Å². The summed E-state index contributed by atoms with van der Waals surface area (Å²) in [5.41, 5.74) is 20.8. The fourth-order valence-electron chi connectivity index (χ4n) is 2.19. The number of amidine groups is 1. The van der Waals surface area contributed by atoms with E-state index in [4.69, 9.17) is 28.0 Å². The second-order valence-electron chi connectivity index (χ2n) is 5.55. The molecule has 0 radical (unpaired) electrons. The topological polar surface area (TPSA) is 144 Å². The first-order chi connectivity index (χ1) is 11.2. The second-order valence-corrected chi connectivity index (χ2v) is 5.55. The van der Waals surface area contributed by atoms with Gasteiger partial charge < -0.3 is 27.2 Å². The van der Waals surface area contributed by atoms with Crippen LogP contribution in [0.4, 0.5) is 0 Å². The average Bonchev–Trinajstić information content (AvgIpc) is 2.87. The van der Waals surface area contributed by atoms with Crippen molar-refractivity contribution < 1.29 is 0 Å². The molecule has 7 heteroatoms. The van der Waals surface area contributed by atoms with Crippen molar-refractivity contribution in [3.8, 4) is 0 Å². The summed E-state index contributed by atoms with van der Waals surface area (Å²) < 4.78 is 1.85. The lowest BCUT2D eigenvalue weighted by atomic mass is 10.1. The molecule has 24 heavy (non-hydrogen) atoms. The summed E-state index contributed by atoms with van der Waals surface area (Å²) >= 11 is 0. The number of hydrogen-bond acceptors (Lipinski definition) is 5. The maximum Gasteiger partial charge on any atom is 0.136 e. The van der Waals surface area contributed by atoms with Gasteiger partial charge in [-0.3, -0.25) is 5.41 Å². The van der Waals surface area contributed by atoms with Gasteiger partial charge in [-0.25, -0.2) is 4.98 Å². The Hall–Kier alpha value is -3.09. The van der Waals surface area contributed by atoms with Gasteiger partial charge in [0.15, 0.2) is 0 Å². The Bertz CT molecular complexity index is 760. The SMILES string of the molecule is C=C(N)C/C=C(N)\C(C=N)=C(/C)c1nc(/C(C)=C/C(=N)N)cn1C. The van der Waals surface area contributed by atoms with E-state index in [0.29, 0.717) is 34.9 Å². The van der Waals surface area contributed by atoms with Gasteiger partial charge in [0.2, 0.25) is 0 Å². The van der Waals surface area contributed by atoms with Crippen LogP contribution in [0.5, 0.6) is 0 Å². The number of nitrogens with two attached hydrogens (primary N) is 3. The van der Waals surface area contributed by atoms with Crippen LogP contribution in [0.25, 0.3) is 11.1 Å². The van der Waals surface area contributed by atoms with E-state index >= 15 is 0 Å². The van der Waals surface area contributed by atoms with Gasteiger partial charge in [0.05, 0.1) is 5.69 Å². The van der Waals surface area contributed by atoms with Gasteiger partial charge in [-0.05, 0) is 25.5 Å². The van der Waals surface area contributed by atoms with Crippen molar-refractivity contribution in [3.63, 3.8) is 0 Å². The first kappa shape index (κ1) is 19.0. The molecule has 0 aliphatic carbocycles. The van der Waals surface area contributed by atoms with E-state index in [-0.39, 0.29) is 5.84 Å². The first-order valence-corrected chi connectivity index (χ1v) is 7.34. The molecule has 0 unspecified atom stereocenters. The largest absolute Gasteiger partial charge is 0.402 e. The van der Waals surface area contributed by atoms with Crippen molar-refractivity contribution in [2.45, 2.75) is 20.3 Å². The van der Waals surface area contributed by atoms with Crippen LogP contribution < -0.4 is 17.2 Å². The van der Waals surface area contributed by atoms with Crippen LogP contribution in [-0.2, 0) is 7.05 Å². The zero-order chi connectivity index (χ0) is 18.4. The Balaban J connectivity index is 3.34. The highest BCUT2D eigenvalue weighted by Gasteiger charge is 2.13. The summed E-state index contributed by atoms with van der Waals surface area (Å²) in [5, 5.41) is 15.0. The van der Waals surface area contributed by atoms with Gasteiger partial charge >= 0.3 is 0 Å². The fourth-order valence-corrected chi connectivity index (χ4v) is 2.19. The second kappa shape index (κ2) is 7.96. The van der Waals surface area contributed by atoms with Gasteiger partial charge in [0.1, 0.15) is 11.7 Å². The molecule has 0 aliphatic heterocycles. The van der Waals surface area contributed by atoms with Crippen molar-refractivity contribution in [1.29, 1.82) is 10.8 Å². The number of aromatic nitrogens is 2. The summed E-state index contributed by atoms with van der Waals surface area (Å²) in [6.45, 7) is 7.32. The average molecular weight is 327 g/mol. The van der Waals surface area contributed by atoms with Crippen LogP contribution >= 0.6 is 0 Å². The number of hydrogen-bond donors (Lipinski definition) is 5. The molecule has 0 aromatic carbocycles. The highest BCUT2D eigenvalue weighted by molar-refractivity contribution is 5.95. The smallest absolute Gasteiger partial charge is 0.136 e. The standard InChI is InChI=1S/C17H25N7/c1-10(7-16(21)22)15-9-24(4)17(23-15)12(3)13(8-18)14(20)6-5-11(2)19/h6-9,18H,2,5,19-20H2,1,3-4H3,(H3,21,22)/b10-7+,13-12+,14-6+,18-8?. The van der Waals surface area contributed by atoms with E-state index in [1.807, 2.05) is 31.7 Å². The Kier molecular flexibility index (Phi) is 6.29. The van der Waals surface area contributed by atoms with Gasteiger partial charge in [-0.1, -0.05) is 12.7 Å². The number of imidazole rings is 1. The highest BCUT2D eigenvalue weighted by Crippen LogP contribution is 2.22. The molecule has 0 atom stereocenters. The van der Waals surface area contributed by atoms with Crippen LogP contribution in [0.3, 0.4) is 0 Å². The van der Waals surface area contributed by atoms with Crippen LogP contribution in [0, 0.1) is 10.8 Å². The molecule has 7 nitrogen and oxygen atoms in total. The number of aryl methyl sites for hydroxylation is 1. The number of nitrogens with zero attached hydrogens (tertiary/aromatic N) is 2. The lowest BCUT2D eigenvalue weighted by Gasteiger charge is -2.09. The lowest BCUT2D eigenvalue weighted by Crippen LogP contribution is -2.07. The Morgan fingerprint density at radius 1 is 1.33 bits per heavy atom. The lowest BCUT2D eigenvalue weighted by molar-refractivity contribution is 0.888. The minimum absolute atomic E-state index is 0.0265. The zero-order valence-electron chi connectivity index (χ0n) is 14.4. The maximum absolute atomic E-state index is 7.66. The predicted molar refractivity (Wildman–Crippen MR) is 100 cm³/mol. The minimum atomic E-state index is -0.0265. The van der Waals surface area contributed by atoms with Crippen molar-refractivity contribution >= 4 is 23.2 Å². The van der Waals surface area contributed by atoms with Crippen molar-refractivity contribution in [3.05, 3.63) is 53.4 Å². The fraction of sp³-hybridized carbons (Fsp3) is 0.235.